The molecule has 1 saturated carbocycles. The molecule has 2 N–H and O–H groups in total. The van der Waals surface area contributed by atoms with Crippen LogP contribution in [-0.4, -0.2) is 30.7 Å². The molecule has 0 spiro atoms. The van der Waals surface area contributed by atoms with E-state index in [9.17, 15) is 9.90 Å². The number of aliphatic hydroxyl groups is 1. The summed E-state index contributed by atoms with van der Waals surface area (Å²) in [6.45, 7) is 0. The van der Waals surface area contributed by atoms with Crippen LogP contribution in [0.15, 0.2) is 24.3 Å². The van der Waals surface area contributed by atoms with Gasteiger partial charge >= 0.3 is 0 Å². The predicted octanol–water partition coefficient (Wildman–Crippen LogP) is 2.39. The molecular formula is C15H22N2O2. The number of carbonyl (C=O) groups is 1. The van der Waals surface area contributed by atoms with E-state index in [2.05, 4.69) is 5.32 Å². The Balaban J connectivity index is 2.03. The van der Waals surface area contributed by atoms with Crippen LogP contribution in [0.3, 0.4) is 0 Å². The van der Waals surface area contributed by atoms with Gasteiger partial charge in [0.25, 0.3) is 0 Å². The molecule has 1 aromatic rings. The maximum absolute atomic E-state index is 12.1. The first-order valence-electron chi connectivity index (χ1n) is 6.79. The van der Waals surface area contributed by atoms with Gasteiger partial charge in [-0.3, -0.25) is 4.79 Å². The lowest BCUT2D eigenvalue weighted by Gasteiger charge is -2.22. The number of hydrogen-bond acceptors (Lipinski definition) is 3. The SMILES string of the molecule is CN(C)c1ccccc1NC(=O)CC1(O)CCCC1. The standard InChI is InChI=1S/C15H22N2O2/c1-17(2)13-8-4-3-7-12(13)16-14(18)11-15(19)9-5-6-10-15/h3-4,7-8,19H,5-6,9-11H2,1-2H3,(H,16,18). The number of para-hydroxylation sites is 2. The normalized spacial score (nSPS) is 17.2. The molecular weight excluding hydrogens is 240 g/mol. The smallest absolute Gasteiger partial charge is 0.227 e. The largest absolute Gasteiger partial charge is 0.389 e. The third kappa shape index (κ3) is 3.47. The van der Waals surface area contributed by atoms with Gasteiger partial charge in [-0.2, -0.15) is 0 Å². The van der Waals surface area contributed by atoms with Crippen LogP contribution in [0.1, 0.15) is 32.1 Å². The number of anilines is 2. The fourth-order valence-electron chi connectivity index (χ4n) is 2.67. The predicted molar refractivity (Wildman–Crippen MR) is 77.4 cm³/mol. The van der Waals surface area contributed by atoms with Gasteiger partial charge in [-0.1, -0.05) is 25.0 Å². The number of carbonyl (C=O) groups excluding carboxylic acids is 1. The first kappa shape index (κ1) is 13.9. The van der Waals surface area contributed by atoms with Gasteiger partial charge in [0.2, 0.25) is 5.91 Å². The summed E-state index contributed by atoms with van der Waals surface area (Å²) in [5, 5.41) is 13.2. The lowest BCUT2D eigenvalue weighted by Crippen LogP contribution is -2.31. The van der Waals surface area contributed by atoms with E-state index in [1.54, 1.807) is 0 Å². The van der Waals surface area contributed by atoms with Crippen molar-refractivity contribution in [3.63, 3.8) is 0 Å². The van der Waals surface area contributed by atoms with Gasteiger partial charge in [0.05, 0.1) is 23.4 Å². The highest BCUT2D eigenvalue weighted by atomic mass is 16.3. The van der Waals surface area contributed by atoms with Gasteiger partial charge < -0.3 is 15.3 Å². The van der Waals surface area contributed by atoms with Gasteiger partial charge in [-0.15, -0.1) is 0 Å². The van der Waals surface area contributed by atoms with Crippen molar-refractivity contribution in [1.82, 2.24) is 0 Å². The summed E-state index contributed by atoms with van der Waals surface area (Å²) in [4.78, 5) is 14.0. The van der Waals surface area contributed by atoms with Crippen LogP contribution in [0.5, 0.6) is 0 Å². The Hall–Kier alpha value is -1.55. The first-order chi connectivity index (χ1) is 9.00. The third-order valence-electron chi connectivity index (χ3n) is 3.68. The van der Waals surface area contributed by atoms with Crippen molar-refractivity contribution in [2.45, 2.75) is 37.7 Å². The summed E-state index contributed by atoms with van der Waals surface area (Å²) < 4.78 is 0. The van der Waals surface area contributed by atoms with Crippen molar-refractivity contribution in [2.75, 3.05) is 24.3 Å². The fourth-order valence-corrected chi connectivity index (χ4v) is 2.67. The Morgan fingerprint density at radius 1 is 1.32 bits per heavy atom. The second-order valence-electron chi connectivity index (χ2n) is 5.57. The molecule has 104 valence electrons. The highest BCUT2D eigenvalue weighted by Gasteiger charge is 2.33. The molecule has 0 saturated heterocycles. The van der Waals surface area contributed by atoms with Crippen molar-refractivity contribution in [3.05, 3.63) is 24.3 Å². The molecule has 0 unspecified atom stereocenters. The van der Waals surface area contributed by atoms with Gasteiger partial charge in [0.15, 0.2) is 0 Å². The monoisotopic (exact) mass is 262 g/mol. The lowest BCUT2D eigenvalue weighted by atomic mass is 9.97. The zero-order valence-corrected chi connectivity index (χ0v) is 11.6. The second-order valence-corrected chi connectivity index (χ2v) is 5.57. The Morgan fingerprint density at radius 2 is 1.95 bits per heavy atom. The highest BCUT2D eigenvalue weighted by Crippen LogP contribution is 2.33. The van der Waals surface area contributed by atoms with E-state index in [0.29, 0.717) is 0 Å². The van der Waals surface area contributed by atoms with Crippen LogP contribution in [-0.2, 0) is 4.79 Å². The van der Waals surface area contributed by atoms with Crippen molar-refractivity contribution >= 4 is 17.3 Å². The number of amides is 1. The van der Waals surface area contributed by atoms with Crippen LogP contribution in [0.4, 0.5) is 11.4 Å². The fraction of sp³-hybridized carbons (Fsp3) is 0.533. The second kappa shape index (κ2) is 5.61. The topological polar surface area (TPSA) is 52.6 Å². The molecule has 0 radical (unpaired) electrons. The molecule has 1 amide bonds. The summed E-state index contributed by atoms with van der Waals surface area (Å²) in [6.07, 6.45) is 3.68. The van der Waals surface area contributed by atoms with Crippen molar-refractivity contribution in [2.24, 2.45) is 0 Å². The molecule has 1 fully saturated rings. The minimum Gasteiger partial charge on any atom is -0.389 e. The summed E-state index contributed by atoms with van der Waals surface area (Å²) in [7, 11) is 3.88. The summed E-state index contributed by atoms with van der Waals surface area (Å²) in [6, 6.07) is 7.67. The highest BCUT2D eigenvalue weighted by molar-refractivity contribution is 5.94. The summed E-state index contributed by atoms with van der Waals surface area (Å²) in [5.41, 5.74) is 0.963. The lowest BCUT2D eigenvalue weighted by molar-refractivity contribution is -0.120. The first-order valence-corrected chi connectivity index (χ1v) is 6.79. The van der Waals surface area contributed by atoms with Gasteiger partial charge in [-0.25, -0.2) is 0 Å². The van der Waals surface area contributed by atoms with Gasteiger partial charge in [-0.05, 0) is 25.0 Å². The number of nitrogens with zero attached hydrogens (tertiary/aromatic N) is 1. The number of rotatable bonds is 4. The van der Waals surface area contributed by atoms with Crippen molar-refractivity contribution in [1.29, 1.82) is 0 Å². The van der Waals surface area contributed by atoms with Gasteiger partial charge in [0, 0.05) is 14.1 Å². The Labute approximate surface area is 114 Å². The van der Waals surface area contributed by atoms with E-state index in [1.165, 1.54) is 0 Å². The van der Waals surface area contributed by atoms with Gasteiger partial charge in [0.1, 0.15) is 0 Å². The molecule has 4 nitrogen and oxygen atoms in total. The van der Waals surface area contributed by atoms with E-state index in [-0.39, 0.29) is 12.3 Å². The molecule has 4 heteroatoms. The summed E-state index contributed by atoms with van der Waals surface area (Å²) in [5.74, 6) is -0.112. The molecule has 1 aliphatic carbocycles. The molecule has 2 rings (SSSR count). The summed E-state index contributed by atoms with van der Waals surface area (Å²) >= 11 is 0. The van der Waals surface area contributed by atoms with E-state index >= 15 is 0 Å². The van der Waals surface area contributed by atoms with Crippen LogP contribution in [0.2, 0.25) is 0 Å². The average Bonchev–Trinajstić information content (AvgIpc) is 2.75. The van der Waals surface area contributed by atoms with E-state index < -0.39 is 5.60 Å². The third-order valence-corrected chi connectivity index (χ3v) is 3.68. The minimum atomic E-state index is -0.795. The van der Waals surface area contributed by atoms with Crippen LogP contribution in [0, 0.1) is 0 Å². The molecule has 0 aliphatic heterocycles. The molecule has 0 bridgehead atoms. The molecule has 19 heavy (non-hydrogen) atoms. The molecule has 1 aliphatic rings. The van der Waals surface area contributed by atoms with Crippen molar-refractivity contribution < 1.29 is 9.90 Å². The van der Waals surface area contributed by atoms with E-state index in [0.717, 1.165) is 37.1 Å². The van der Waals surface area contributed by atoms with Crippen LogP contribution < -0.4 is 10.2 Å². The van der Waals surface area contributed by atoms with Crippen LogP contribution in [0.25, 0.3) is 0 Å². The minimum absolute atomic E-state index is 0.112. The zero-order valence-electron chi connectivity index (χ0n) is 11.6. The Morgan fingerprint density at radius 3 is 2.58 bits per heavy atom. The van der Waals surface area contributed by atoms with E-state index in [1.807, 2.05) is 43.3 Å². The molecule has 0 aromatic heterocycles. The number of benzene rings is 1. The Bertz CT molecular complexity index is 451. The molecule has 1 aromatic carbocycles. The van der Waals surface area contributed by atoms with Crippen molar-refractivity contribution in [3.8, 4) is 0 Å². The maximum Gasteiger partial charge on any atom is 0.227 e. The number of nitrogens with one attached hydrogen (secondary N) is 1. The molecule has 0 heterocycles. The average molecular weight is 262 g/mol. The van der Waals surface area contributed by atoms with E-state index in [4.69, 9.17) is 0 Å². The quantitative estimate of drug-likeness (QED) is 0.876. The maximum atomic E-state index is 12.1. The Kier molecular flexibility index (Phi) is 4.10. The zero-order chi connectivity index (χ0) is 13.9. The van der Waals surface area contributed by atoms with Crippen LogP contribution >= 0.6 is 0 Å². The number of hydrogen-bond donors (Lipinski definition) is 2. The molecule has 0 atom stereocenters.